The zero-order valence-electron chi connectivity index (χ0n) is 12.6. The van der Waals surface area contributed by atoms with Crippen LogP contribution in [0.2, 0.25) is 0 Å². The van der Waals surface area contributed by atoms with Gasteiger partial charge < -0.3 is 10.4 Å². The Morgan fingerprint density at radius 2 is 2.17 bits per heavy atom. The topological polar surface area (TPSA) is 52.6 Å². The molecule has 0 bridgehead atoms. The van der Waals surface area contributed by atoms with Crippen LogP contribution in [-0.2, 0) is 6.54 Å². The first kappa shape index (κ1) is 16.9. The standard InChI is InChI=1S/C17H19IN2O2S/c18-16-6-13(11-23-16)17(22)19-8-14-7-15(21)10-20(14)9-12-4-2-1-3-5-12/h1-6,11,14-15,21H,7-10H2,(H,19,22)/t14-,15-/m1/s1. The third kappa shape index (κ3) is 4.53. The molecule has 1 fully saturated rings. The Balaban J connectivity index is 1.58. The van der Waals surface area contributed by atoms with E-state index in [-0.39, 0.29) is 18.1 Å². The van der Waals surface area contributed by atoms with Crippen LogP contribution >= 0.6 is 33.9 Å². The van der Waals surface area contributed by atoms with Crippen LogP contribution < -0.4 is 5.32 Å². The largest absolute Gasteiger partial charge is 0.392 e. The Hall–Kier alpha value is -0.960. The molecule has 1 aromatic carbocycles. The summed E-state index contributed by atoms with van der Waals surface area (Å²) in [6.45, 7) is 2.02. The first-order valence-corrected chi connectivity index (χ1v) is 9.56. The average molecular weight is 442 g/mol. The highest BCUT2D eigenvalue weighted by Crippen LogP contribution is 2.21. The van der Waals surface area contributed by atoms with E-state index in [9.17, 15) is 9.90 Å². The van der Waals surface area contributed by atoms with Gasteiger partial charge in [-0.15, -0.1) is 11.3 Å². The first-order valence-electron chi connectivity index (χ1n) is 7.60. The Morgan fingerprint density at radius 1 is 1.39 bits per heavy atom. The maximum Gasteiger partial charge on any atom is 0.252 e. The van der Waals surface area contributed by atoms with Gasteiger partial charge in [0.1, 0.15) is 0 Å². The van der Waals surface area contributed by atoms with Gasteiger partial charge in [-0.05, 0) is 40.6 Å². The van der Waals surface area contributed by atoms with Crippen molar-refractivity contribution < 1.29 is 9.90 Å². The summed E-state index contributed by atoms with van der Waals surface area (Å²) in [6, 6.07) is 12.3. The SMILES string of the molecule is O=C(NC[C@H]1C[C@@H](O)CN1Cc1ccccc1)c1csc(I)c1. The van der Waals surface area contributed by atoms with Gasteiger partial charge in [-0.25, -0.2) is 0 Å². The Bertz CT molecular complexity index is 662. The number of benzene rings is 1. The maximum atomic E-state index is 12.2. The quantitative estimate of drug-likeness (QED) is 0.701. The summed E-state index contributed by atoms with van der Waals surface area (Å²) in [5.74, 6) is -0.0368. The van der Waals surface area contributed by atoms with Crippen LogP contribution in [0.1, 0.15) is 22.3 Å². The Kier molecular flexibility index (Phi) is 5.68. The molecule has 0 radical (unpaired) electrons. The molecule has 1 saturated heterocycles. The summed E-state index contributed by atoms with van der Waals surface area (Å²) in [5, 5.41) is 14.9. The number of β-amino-alcohol motifs (C(OH)–C–C–N with tert-alkyl or cyclic N) is 1. The summed E-state index contributed by atoms with van der Waals surface area (Å²) in [5.41, 5.74) is 1.94. The number of nitrogens with zero attached hydrogens (tertiary/aromatic N) is 1. The maximum absolute atomic E-state index is 12.2. The number of likely N-dealkylation sites (tertiary alicyclic amines) is 1. The monoisotopic (exact) mass is 442 g/mol. The fraction of sp³-hybridized carbons (Fsp3) is 0.353. The highest BCUT2D eigenvalue weighted by molar-refractivity contribution is 14.1. The molecule has 0 saturated carbocycles. The highest BCUT2D eigenvalue weighted by atomic mass is 127. The predicted molar refractivity (Wildman–Crippen MR) is 101 cm³/mol. The van der Waals surface area contributed by atoms with Crippen molar-refractivity contribution in [3.8, 4) is 0 Å². The highest BCUT2D eigenvalue weighted by Gasteiger charge is 2.31. The summed E-state index contributed by atoms with van der Waals surface area (Å²) in [4.78, 5) is 14.4. The number of hydrogen-bond donors (Lipinski definition) is 2. The molecule has 6 heteroatoms. The Morgan fingerprint density at radius 3 is 2.87 bits per heavy atom. The third-order valence-electron chi connectivity index (χ3n) is 4.06. The lowest BCUT2D eigenvalue weighted by molar-refractivity contribution is 0.0940. The van der Waals surface area contributed by atoms with Crippen LogP contribution in [0.15, 0.2) is 41.8 Å². The number of thiophene rings is 1. The number of nitrogens with one attached hydrogen (secondary N) is 1. The first-order chi connectivity index (χ1) is 11.1. The smallest absolute Gasteiger partial charge is 0.252 e. The molecule has 1 aliphatic rings. The lowest BCUT2D eigenvalue weighted by Gasteiger charge is -2.24. The van der Waals surface area contributed by atoms with E-state index in [0.29, 0.717) is 25.1 Å². The van der Waals surface area contributed by atoms with Gasteiger partial charge in [0.25, 0.3) is 5.91 Å². The van der Waals surface area contributed by atoms with Crippen molar-refractivity contribution >= 4 is 39.8 Å². The number of amides is 1. The third-order valence-corrected chi connectivity index (χ3v) is 5.85. The van der Waals surface area contributed by atoms with Gasteiger partial charge in [0.2, 0.25) is 0 Å². The van der Waals surface area contributed by atoms with Gasteiger partial charge in [0, 0.05) is 31.1 Å². The molecule has 122 valence electrons. The normalized spacial score (nSPS) is 21.5. The van der Waals surface area contributed by atoms with Gasteiger partial charge in [0.05, 0.1) is 14.6 Å². The van der Waals surface area contributed by atoms with Crippen LogP contribution in [0.3, 0.4) is 0 Å². The fourth-order valence-corrected chi connectivity index (χ4v) is 4.25. The number of carbonyl (C=O) groups is 1. The minimum absolute atomic E-state index is 0.0368. The molecule has 1 aromatic heterocycles. The number of rotatable bonds is 5. The summed E-state index contributed by atoms with van der Waals surface area (Å²) in [7, 11) is 0. The second-order valence-corrected chi connectivity index (χ2v) is 8.61. The van der Waals surface area contributed by atoms with E-state index in [1.807, 2.05) is 29.6 Å². The van der Waals surface area contributed by atoms with Crippen LogP contribution in [0, 0.1) is 2.88 Å². The van der Waals surface area contributed by atoms with Crippen LogP contribution in [0.4, 0.5) is 0 Å². The van der Waals surface area contributed by atoms with E-state index < -0.39 is 0 Å². The molecule has 0 unspecified atom stereocenters. The van der Waals surface area contributed by atoms with E-state index in [1.54, 1.807) is 11.3 Å². The lowest BCUT2D eigenvalue weighted by atomic mass is 10.1. The second-order valence-electron chi connectivity index (χ2n) is 5.81. The number of halogens is 1. The summed E-state index contributed by atoms with van der Waals surface area (Å²) in [6.07, 6.45) is 0.386. The summed E-state index contributed by atoms with van der Waals surface area (Å²) < 4.78 is 1.11. The van der Waals surface area contributed by atoms with Crippen LogP contribution in [0.25, 0.3) is 0 Å². The molecule has 2 heterocycles. The van der Waals surface area contributed by atoms with Crippen LogP contribution in [0.5, 0.6) is 0 Å². The molecule has 2 N–H and O–H groups in total. The van der Waals surface area contributed by atoms with E-state index in [2.05, 4.69) is 44.9 Å². The molecular formula is C17H19IN2O2S. The molecule has 2 aromatic rings. The number of aliphatic hydroxyl groups excluding tert-OH is 1. The van der Waals surface area contributed by atoms with Gasteiger partial charge in [-0.2, -0.15) is 0 Å². The van der Waals surface area contributed by atoms with E-state index in [0.717, 1.165) is 9.43 Å². The molecular weight excluding hydrogens is 423 g/mol. The molecule has 4 nitrogen and oxygen atoms in total. The second kappa shape index (κ2) is 7.74. The molecule has 23 heavy (non-hydrogen) atoms. The van der Waals surface area contributed by atoms with E-state index in [4.69, 9.17) is 0 Å². The summed E-state index contributed by atoms with van der Waals surface area (Å²) >= 11 is 3.79. The molecule has 0 spiro atoms. The van der Waals surface area contributed by atoms with Gasteiger partial charge >= 0.3 is 0 Å². The molecule has 1 aliphatic heterocycles. The Labute approximate surface area is 153 Å². The fourth-order valence-electron chi connectivity index (χ4n) is 2.92. The van der Waals surface area contributed by atoms with Crippen molar-refractivity contribution in [2.75, 3.05) is 13.1 Å². The van der Waals surface area contributed by atoms with Crippen molar-refractivity contribution in [3.63, 3.8) is 0 Å². The average Bonchev–Trinajstić information content (AvgIpc) is 3.12. The molecule has 3 rings (SSSR count). The molecule has 0 aliphatic carbocycles. The lowest BCUT2D eigenvalue weighted by Crippen LogP contribution is -2.39. The minimum atomic E-state index is -0.317. The van der Waals surface area contributed by atoms with Crippen molar-refractivity contribution in [1.82, 2.24) is 10.2 Å². The number of carbonyl (C=O) groups excluding carboxylic acids is 1. The molecule has 1 amide bonds. The van der Waals surface area contributed by atoms with Gasteiger partial charge in [0.15, 0.2) is 0 Å². The number of aliphatic hydroxyl groups is 1. The van der Waals surface area contributed by atoms with Crippen molar-refractivity contribution in [2.24, 2.45) is 0 Å². The van der Waals surface area contributed by atoms with E-state index in [1.165, 1.54) is 5.56 Å². The van der Waals surface area contributed by atoms with Gasteiger partial charge in [-0.3, -0.25) is 9.69 Å². The van der Waals surface area contributed by atoms with E-state index >= 15 is 0 Å². The molecule has 2 atom stereocenters. The van der Waals surface area contributed by atoms with Crippen molar-refractivity contribution in [3.05, 3.63) is 55.8 Å². The number of hydrogen-bond acceptors (Lipinski definition) is 4. The van der Waals surface area contributed by atoms with Crippen molar-refractivity contribution in [2.45, 2.75) is 25.1 Å². The predicted octanol–water partition coefficient (Wildman–Crippen LogP) is 2.72. The van der Waals surface area contributed by atoms with Crippen molar-refractivity contribution in [1.29, 1.82) is 0 Å². The minimum Gasteiger partial charge on any atom is -0.392 e. The van der Waals surface area contributed by atoms with Gasteiger partial charge in [-0.1, -0.05) is 30.3 Å². The zero-order valence-corrected chi connectivity index (χ0v) is 15.6. The zero-order chi connectivity index (χ0) is 16.2. The van der Waals surface area contributed by atoms with Crippen LogP contribution in [-0.4, -0.2) is 41.1 Å².